The molecular formula is C15H20N2O4. The van der Waals surface area contributed by atoms with E-state index in [9.17, 15) is 9.59 Å². The normalized spacial score (nSPS) is 21.6. The lowest BCUT2D eigenvalue weighted by molar-refractivity contribution is -0.179. The van der Waals surface area contributed by atoms with Gasteiger partial charge in [0, 0.05) is 36.8 Å². The molecule has 3 rings (SSSR count). The minimum Gasteiger partial charge on any atom is -0.364 e. The van der Waals surface area contributed by atoms with Crippen molar-refractivity contribution < 1.29 is 14.3 Å². The second kappa shape index (κ2) is 5.61. The van der Waals surface area contributed by atoms with Gasteiger partial charge in [-0.15, -0.1) is 0 Å². The maximum absolute atomic E-state index is 12.2. The van der Waals surface area contributed by atoms with Crippen molar-refractivity contribution in [2.45, 2.75) is 44.4 Å². The first kappa shape index (κ1) is 14.3. The number of carbonyl (C=O) groups excluding carboxylic acids is 1. The van der Waals surface area contributed by atoms with Gasteiger partial charge in [-0.2, -0.15) is 0 Å². The maximum Gasteiger partial charge on any atom is 0.256 e. The summed E-state index contributed by atoms with van der Waals surface area (Å²) in [4.78, 5) is 26.9. The van der Waals surface area contributed by atoms with Crippen LogP contribution in [0.3, 0.4) is 0 Å². The van der Waals surface area contributed by atoms with Crippen molar-refractivity contribution in [3.63, 3.8) is 0 Å². The third-order valence-corrected chi connectivity index (χ3v) is 4.20. The molecule has 21 heavy (non-hydrogen) atoms. The van der Waals surface area contributed by atoms with Crippen molar-refractivity contribution in [2.75, 3.05) is 13.2 Å². The van der Waals surface area contributed by atoms with Gasteiger partial charge in [-0.3, -0.25) is 9.59 Å². The molecule has 1 saturated carbocycles. The summed E-state index contributed by atoms with van der Waals surface area (Å²) in [6.07, 6.45) is 4.63. The second-order valence-corrected chi connectivity index (χ2v) is 5.75. The standard InChI is InChI=1S/C15H20N2O4/c1-10-8-13(18)12(9-16-10)14(19)17-11-2-4-15(5-3-11)20-6-7-21-15/h8-9,11H,2-7H2,1H3,(H,16,18)(H,17,19). The number of rotatable bonds is 2. The van der Waals surface area contributed by atoms with E-state index in [1.54, 1.807) is 6.92 Å². The third kappa shape index (κ3) is 3.01. The van der Waals surface area contributed by atoms with Gasteiger partial charge >= 0.3 is 0 Å². The van der Waals surface area contributed by atoms with Crippen LogP contribution in [0.1, 0.15) is 41.7 Å². The first-order chi connectivity index (χ1) is 10.1. The number of pyridine rings is 1. The summed E-state index contributed by atoms with van der Waals surface area (Å²) in [6.45, 7) is 3.08. The van der Waals surface area contributed by atoms with Crippen molar-refractivity contribution in [1.29, 1.82) is 0 Å². The number of hydrogen-bond donors (Lipinski definition) is 2. The highest BCUT2D eigenvalue weighted by Gasteiger charge is 2.40. The van der Waals surface area contributed by atoms with Crippen LogP contribution in [0.2, 0.25) is 0 Å². The zero-order valence-electron chi connectivity index (χ0n) is 12.1. The molecule has 6 nitrogen and oxygen atoms in total. The zero-order valence-corrected chi connectivity index (χ0v) is 12.1. The lowest BCUT2D eigenvalue weighted by Gasteiger charge is -2.35. The van der Waals surface area contributed by atoms with Crippen LogP contribution in [-0.4, -0.2) is 35.9 Å². The maximum atomic E-state index is 12.2. The molecule has 1 amide bonds. The first-order valence-corrected chi connectivity index (χ1v) is 7.36. The number of nitrogens with one attached hydrogen (secondary N) is 2. The van der Waals surface area contributed by atoms with Crippen LogP contribution < -0.4 is 10.7 Å². The quantitative estimate of drug-likeness (QED) is 0.855. The fourth-order valence-corrected chi connectivity index (χ4v) is 3.00. The van der Waals surface area contributed by atoms with Crippen LogP contribution in [0.4, 0.5) is 0 Å². The third-order valence-electron chi connectivity index (χ3n) is 4.20. The summed E-state index contributed by atoms with van der Waals surface area (Å²) < 4.78 is 11.3. The van der Waals surface area contributed by atoms with Crippen molar-refractivity contribution in [3.05, 3.63) is 33.7 Å². The molecule has 114 valence electrons. The number of H-pyrrole nitrogens is 1. The lowest BCUT2D eigenvalue weighted by Crippen LogP contribution is -2.44. The van der Waals surface area contributed by atoms with Crippen LogP contribution in [0.5, 0.6) is 0 Å². The highest BCUT2D eigenvalue weighted by Crippen LogP contribution is 2.35. The van der Waals surface area contributed by atoms with Crippen LogP contribution in [0.25, 0.3) is 0 Å². The Balaban J connectivity index is 1.60. The Hall–Kier alpha value is -1.66. The fraction of sp³-hybridized carbons (Fsp3) is 0.600. The minimum atomic E-state index is -0.428. The molecular weight excluding hydrogens is 272 g/mol. The molecule has 2 heterocycles. The van der Waals surface area contributed by atoms with E-state index in [0.29, 0.717) is 13.2 Å². The van der Waals surface area contributed by atoms with Crippen LogP contribution in [-0.2, 0) is 9.47 Å². The van der Waals surface area contributed by atoms with Crippen molar-refractivity contribution in [3.8, 4) is 0 Å². The van der Waals surface area contributed by atoms with Gasteiger partial charge < -0.3 is 19.8 Å². The molecule has 1 aromatic heterocycles. The summed E-state index contributed by atoms with van der Waals surface area (Å²) in [5, 5.41) is 2.93. The van der Waals surface area contributed by atoms with E-state index in [4.69, 9.17) is 9.47 Å². The van der Waals surface area contributed by atoms with Crippen molar-refractivity contribution in [2.24, 2.45) is 0 Å². The van der Waals surface area contributed by atoms with Gasteiger partial charge in [0.1, 0.15) is 5.56 Å². The van der Waals surface area contributed by atoms with Gasteiger partial charge in [0.2, 0.25) is 0 Å². The Morgan fingerprint density at radius 3 is 2.62 bits per heavy atom. The van der Waals surface area contributed by atoms with Crippen molar-refractivity contribution in [1.82, 2.24) is 10.3 Å². The zero-order chi connectivity index (χ0) is 14.9. The van der Waals surface area contributed by atoms with Crippen molar-refractivity contribution >= 4 is 5.91 Å². The predicted molar refractivity (Wildman–Crippen MR) is 76.2 cm³/mol. The molecule has 0 radical (unpaired) electrons. The van der Waals surface area contributed by atoms with E-state index in [2.05, 4.69) is 10.3 Å². The Morgan fingerprint density at radius 2 is 2.00 bits per heavy atom. The molecule has 0 aromatic carbocycles. The molecule has 1 saturated heterocycles. The Morgan fingerprint density at radius 1 is 1.33 bits per heavy atom. The molecule has 0 bridgehead atoms. The van der Waals surface area contributed by atoms with E-state index < -0.39 is 5.79 Å². The minimum absolute atomic E-state index is 0.0663. The number of aromatic nitrogens is 1. The molecule has 0 atom stereocenters. The fourth-order valence-electron chi connectivity index (χ4n) is 3.00. The summed E-state index contributed by atoms with van der Waals surface area (Å²) in [6, 6.07) is 1.50. The number of aromatic amines is 1. The largest absolute Gasteiger partial charge is 0.364 e. The summed E-state index contributed by atoms with van der Waals surface area (Å²) in [7, 11) is 0. The van der Waals surface area contributed by atoms with E-state index in [1.165, 1.54) is 12.3 Å². The number of amides is 1. The summed E-state index contributed by atoms with van der Waals surface area (Å²) in [5.74, 6) is -0.742. The SMILES string of the molecule is Cc1cc(=O)c(C(=O)NC2CCC3(CC2)OCCO3)c[nH]1. The van der Waals surface area contributed by atoms with E-state index >= 15 is 0 Å². The summed E-state index contributed by atoms with van der Waals surface area (Å²) in [5.41, 5.74) is 0.652. The topological polar surface area (TPSA) is 80.4 Å². The molecule has 2 aliphatic rings. The van der Waals surface area contributed by atoms with Crippen LogP contribution >= 0.6 is 0 Å². The van der Waals surface area contributed by atoms with Gasteiger partial charge in [-0.05, 0) is 19.8 Å². The number of aryl methyl sites for hydroxylation is 1. The molecule has 2 N–H and O–H groups in total. The molecule has 0 unspecified atom stereocenters. The Labute approximate surface area is 122 Å². The highest BCUT2D eigenvalue weighted by atomic mass is 16.7. The van der Waals surface area contributed by atoms with Crippen LogP contribution in [0.15, 0.2) is 17.1 Å². The molecule has 1 aromatic rings. The average Bonchev–Trinajstić information content (AvgIpc) is 2.90. The second-order valence-electron chi connectivity index (χ2n) is 5.75. The molecule has 1 aliphatic heterocycles. The number of carbonyl (C=O) groups is 1. The van der Waals surface area contributed by atoms with Crippen LogP contribution in [0, 0.1) is 6.92 Å². The van der Waals surface area contributed by atoms with Gasteiger partial charge in [0.05, 0.1) is 13.2 Å². The Kier molecular flexibility index (Phi) is 3.82. The average molecular weight is 292 g/mol. The number of hydrogen-bond acceptors (Lipinski definition) is 4. The van der Waals surface area contributed by atoms with E-state index in [0.717, 1.165) is 31.4 Å². The van der Waals surface area contributed by atoms with Gasteiger partial charge in [-0.25, -0.2) is 0 Å². The smallest absolute Gasteiger partial charge is 0.256 e. The predicted octanol–water partition coefficient (Wildman–Crippen LogP) is 1.10. The highest BCUT2D eigenvalue weighted by molar-refractivity contribution is 5.93. The molecule has 1 spiro atoms. The molecule has 6 heteroatoms. The first-order valence-electron chi connectivity index (χ1n) is 7.36. The Bertz CT molecular complexity index is 580. The molecule has 1 aliphatic carbocycles. The van der Waals surface area contributed by atoms with Gasteiger partial charge in [0.25, 0.3) is 5.91 Å². The molecule has 2 fully saturated rings. The van der Waals surface area contributed by atoms with E-state index in [-0.39, 0.29) is 22.9 Å². The van der Waals surface area contributed by atoms with Gasteiger partial charge in [-0.1, -0.05) is 0 Å². The monoisotopic (exact) mass is 292 g/mol. The van der Waals surface area contributed by atoms with E-state index in [1.807, 2.05) is 0 Å². The summed E-state index contributed by atoms with van der Waals surface area (Å²) >= 11 is 0. The van der Waals surface area contributed by atoms with Gasteiger partial charge in [0.15, 0.2) is 11.2 Å². The number of ether oxygens (including phenoxy) is 2. The lowest BCUT2D eigenvalue weighted by atomic mass is 9.90.